The van der Waals surface area contributed by atoms with Crippen LogP contribution in [0, 0.1) is 0 Å². The van der Waals surface area contributed by atoms with Crippen molar-refractivity contribution in [2.75, 3.05) is 6.54 Å². The summed E-state index contributed by atoms with van der Waals surface area (Å²) < 4.78 is 4.90. The van der Waals surface area contributed by atoms with E-state index in [9.17, 15) is 4.79 Å². The normalized spacial score (nSPS) is 9.62. The van der Waals surface area contributed by atoms with E-state index >= 15 is 0 Å². The van der Waals surface area contributed by atoms with Gasteiger partial charge in [-0.2, -0.15) is 0 Å². The van der Waals surface area contributed by atoms with Crippen LogP contribution in [0.3, 0.4) is 0 Å². The lowest BCUT2D eigenvalue weighted by Crippen LogP contribution is -2.25. The first-order valence-electron chi connectivity index (χ1n) is 4.20. The van der Waals surface area contributed by atoms with Crippen molar-refractivity contribution in [3.63, 3.8) is 0 Å². The van der Waals surface area contributed by atoms with E-state index in [0.717, 1.165) is 0 Å². The number of halogens is 2. The number of guanidine groups is 1. The Morgan fingerprint density at radius 1 is 1.38 bits per heavy atom. The number of benzene rings is 1. The maximum absolute atomic E-state index is 11.2. The zero-order valence-corrected chi connectivity index (χ0v) is 9.63. The minimum absolute atomic E-state index is 0.181. The molecule has 1 rings (SSSR count). The van der Waals surface area contributed by atoms with Gasteiger partial charge in [0.25, 0.3) is 0 Å². The Morgan fingerprint density at radius 2 is 2.06 bits per heavy atom. The molecular formula is C9H9Cl2N3O2. The van der Waals surface area contributed by atoms with Crippen molar-refractivity contribution in [2.45, 2.75) is 0 Å². The second kappa shape index (κ2) is 5.58. The number of ether oxygens (including phenoxy) is 1. The highest BCUT2D eigenvalue weighted by Gasteiger charge is 2.08. The maximum Gasteiger partial charge on any atom is 0.333 e. The molecule has 1 aromatic rings. The number of carbonyl (C=O) groups is 1. The minimum atomic E-state index is -0.613. The van der Waals surface area contributed by atoms with E-state index < -0.39 is 5.97 Å². The van der Waals surface area contributed by atoms with Gasteiger partial charge in [-0.1, -0.05) is 23.2 Å². The molecule has 4 N–H and O–H groups in total. The van der Waals surface area contributed by atoms with Crippen molar-refractivity contribution in [1.82, 2.24) is 0 Å². The molecule has 5 nitrogen and oxygen atoms in total. The standard InChI is InChI=1S/C9H9Cl2N3O2/c10-5-1-2-7(6(11)3-5)16-8(15)4-14-9(12)13/h1-3H,4H2,(H4,12,13,14). The minimum Gasteiger partial charge on any atom is -0.424 e. The number of hydrogen-bond donors (Lipinski definition) is 2. The first kappa shape index (κ1) is 12.6. The van der Waals surface area contributed by atoms with Crippen molar-refractivity contribution in [3.8, 4) is 5.75 Å². The number of aliphatic imine (C=N–C) groups is 1. The third-order valence-electron chi connectivity index (χ3n) is 1.51. The van der Waals surface area contributed by atoms with E-state index in [-0.39, 0.29) is 23.3 Å². The number of rotatable bonds is 3. The van der Waals surface area contributed by atoms with Crippen LogP contribution in [0.4, 0.5) is 0 Å². The van der Waals surface area contributed by atoms with E-state index in [0.29, 0.717) is 5.02 Å². The number of nitrogens with zero attached hydrogens (tertiary/aromatic N) is 1. The molecule has 0 heterocycles. The van der Waals surface area contributed by atoms with E-state index in [1.54, 1.807) is 6.07 Å². The molecule has 0 saturated heterocycles. The summed E-state index contributed by atoms with van der Waals surface area (Å²) in [6, 6.07) is 4.50. The van der Waals surface area contributed by atoms with Gasteiger partial charge in [0.15, 0.2) is 5.96 Å². The summed E-state index contributed by atoms with van der Waals surface area (Å²) >= 11 is 11.5. The molecule has 0 aliphatic rings. The van der Waals surface area contributed by atoms with E-state index in [2.05, 4.69) is 4.99 Å². The molecule has 0 unspecified atom stereocenters. The van der Waals surface area contributed by atoms with Gasteiger partial charge in [0, 0.05) is 5.02 Å². The van der Waals surface area contributed by atoms with Gasteiger partial charge in [-0.3, -0.25) is 0 Å². The van der Waals surface area contributed by atoms with Gasteiger partial charge >= 0.3 is 5.97 Å². The molecule has 0 aromatic heterocycles. The van der Waals surface area contributed by atoms with Gasteiger partial charge in [0.05, 0.1) is 5.02 Å². The highest BCUT2D eigenvalue weighted by Crippen LogP contribution is 2.27. The average molecular weight is 262 g/mol. The van der Waals surface area contributed by atoms with Crippen molar-refractivity contribution in [2.24, 2.45) is 16.5 Å². The molecule has 0 saturated carbocycles. The van der Waals surface area contributed by atoms with E-state index in [4.69, 9.17) is 39.4 Å². The largest absolute Gasteiger partial charge is 0.424 e. The Balaban J connectivity index is 2.66. The lowest BCUT2D eigenvalue weighted by molar-refractivity contribution is -0.132. The lowest BCUT2D eigenvalue weighted by Gasteiger charge is -2.04. The van der Waals surface area contributed by atoms with E-state index in [1.165, 1.54) is 12.1 Å². The Kier molecular flexibility index (Phi) is 4.39. The number of esters is 1. The van der Waals surface area contributed by atoms with Gasteiger partial charge in [0.1, 0.15) is 12.3 Å². The second-order valence-electron chi connectivity index (χ2n) is 2.79. The fraction of sp³-hybridized carbons (Fsp3) is 0.111. The number of nitrogens with two attached hydrogens (primary N) is 2. The third kappa shape index (κ3) is 3.96. The van der Waals surface area contributed by atoms with Crippen LogP contribution in [-0.4, -0.2) is 18.5 Å². The molecule has 0 bridgehead atoms. The first-order valence-corrected chi connectivity index (χ1v) is 4.96. The van der Waals surface area contributed by atoms with Crippen LogP contribution in [0.25, 0.3) is 0 Å². The molecule has 86 valence electrons. The monoisotopic (exact) mass is 261 g/mol. The molecule has 0 spiro atoms. The maximum atomic E-state index is 11.2. The third-order valence-corrected chi connectivity index (χ3v) is 2.04. The van der Waals surface area contributed by atoms with Crippen LogP contribution in [0.1, 0.15) is 0 Å². The predicted octanol–water partition coefficient (Wildman–Crippen LogP) is 1.17. The summed E-state index contributed by atoms with van der Waals surface area (Å²) in [6.45, 7) is -0.263. The smallest absolute Gasteiger partial charge is 0.333 e. The molecule has 0 aliphatic carbocycles. The van der Waals surface area contributed by atoms with Gasteiger partial charge in [0.2, 0.25) is 0 Å². The highest BCUT2D eigenvalue weighted by molar-refractivity contribution is 6.35. The molecule has 0 radical (unpaired) electrons. The Hall–Kier alpha value is -1.46. The van der Waals surface area contributed by atoms with Crippen molar-refractivity contribution in [1.29, 1.82) is 0 Å². The van der Waals surface area contributed by atoms with Crippen LogP contribution in [0.15, 0.2) is 23.2 Å². The van der Waals surface area contributed by atoms with Gasteiger partial charge < -0.3 is 16.2 Å². The SMILES string of the molecule is NC(N)=NCC(=O)Oc1ccc(Cl)cc1Cl. The summed E-state index contributed by atoms with van der Waals surface area (Å²) in [5, 5.41) is 0.694. The quantitative estimate of drug-likeness (QED) is 0.370. The van der Waals surface area contributed by atoms with Crippen molar-refractivity contribution >= 4 is 35.1 Å². The van der Waals surface area contributed by atoms with Crippen LogP contribution in [0.2, 0.25) is 10.0 Å². The summed E-state index contributed by atoms with van der Waals surface area (Å²) in [7, 11) is 0. The van der Waals surface area contributed by atoms with Crippen molar-refractivity contribution in [3.05, 3.63) is 28.2 Å². The molecule has 16 heavy (non-hydrogen) atoms. The summed E-state index contributed by atoms with van der Waals surface area (Å²) in [5.74, 6) is -0.585. The Morgan fingerprint density at radius 3 is 2.62 bits per heavy atom. The molecule has 0 aliphatic heterocycles. The van der Waals surface area contributed by atoms with Crippen LogP contribution in [0.5, 0.6) is 5.75 Å². The molecule has 1 aromatic carbocycles. The summed E-state index contributed by atoms with van der Waals surface area (Å²) in [6.07, 6.45) is 0. The second-order valence-corrected chi connectivity index (χ2v) is 3.63. The van der Waals surface area contributed by atoms with Crippen LogP contribution in [-0.2, 0) is 4.79 Å². The van der Waals surface area contributed by atoms with E-state index in [1.807, 2.05) is 0 Å². The Labute approximate surface area is 102 Å². The van der Waals surface area contributed by atoms with Crippen LogP contribution >= 0.6 is 23.2 Å². The predicted molar refractivity (Wildman–Crippen MR) is 62.8 cm³/mol. The summed E-state index contributed by atoms with van der Waals surface area (Å²) in [4.78, 5) is 14.7. The topological polar surface area (TPSA) is 90.7 Å². The Bertz CT molecular complexity index is 431. The highest BCUT2D eigenvalue weighted by atomic mass is 35.5. The zero-order valence-electron chi connectivity index (χ0n) is 8.11. The van der Waals surface area contributed by atoms with Gasteiger partial charge in [-0.05, 0) is 18.2 Å². The number of hydrogen-bond acceptors (Lipinski definition) is 3. The van der Waals surface area contributed by atoms with Gasteiger partial charge in [-0.25, -0.2) is 9.79 Å². The summed E-state index contributed by atoms with van der Waals surface area (Å²) in [5.41, 5.74) is 10.1. The average Bonchev–Trinajstić information content (AvgIpc) is 2.19. The molecule has 0 atom stereocenters. The fourth-order valence-electron chi connectivity index (χ4n) is 0.869. The molecule has 0 fully saturated rings. The number of carbonyl (C=O) groups excluding carboxylic acids is 1. The lowest BCUT2D eigenvalue weighted by atomic mass is 10.3. The molecule has 0 amide bonds. The van der Waals surface area contributed by atoms with Crippen LogP contribution < -0.4 is 16.2 Å². The fourth-order valence-corrected chi connectivity index (χ4v) is 1.32. The zero-order chi connectivity index (χ0) is 12.1. The van der Waals surface area contributed by atoms with Crippen molar-refractivity contribution < 1.29 is 9.53 Å². The first-order chi connectivity index (χ1) is 7.49. The van der Waals surface area contributed by atoms with Gasteiger partial charge in [-0.15, -0.1) is 0 Å². The molecular weight excluding hydrogens is 253 g/mol. The molecule has 7 heteroatoms.